The van der Waals surface area contributed by atoms with Gasteiger partial charge in [0, 0.05) is 12.3 Å². The summed E-state index contributed by atoms with van der Waals surface area (Å²) in [4.78, 5) is 42.3. The molecule has 0 unspecified atom stereocenters. The van der Waals surface area contributed by atoms with E-state index in [4.69, 9.17) is 16.7 Å². The fraction of sp³-hybridized carbons (Fsp3) is 0. The van der Waals surface area contributed by atoms with Crippen LogP contribution in [0.25, 0.3) is 11.1 Å². The molecule has 174 valence electrons. The van der Waals surface area contributed by atoms with Crippen molar-refractivity contribution < 1.29 is 24.8 Å². The second kappa shape index (κ2) is 11.1. The maximum Gasteiger partial charge on any atom is 0.324 e. The number of non-ortho nitro benzene ring substituents is 1. The molecule has 14 nitrogen and oxygen atoms in total. The van der Waals surface area contributed by atoms with E-state index < -0.39 is 42.5 Å². The van der Waals surface area contributed by atoms with E-state index in [1.807, 2.05) is 0 Å². The number of nitro benzene ring substituents is 4. The summed E-state index contributed by atoms with van der Waals surface area (Å²) in [6.45, 7) is 0. The number of rotatable bonds is 6. The van der Waals surface area contributed by atoms with E-state index in [9.17, 15) is 40.5 Å². The zero-order valence-corrected chi connectivity index (χ0v) is 17.4. The highest BCUT2D eigenvalue weighted by Gasteiger charge is 2.30. The van der Waals surface area contributed by atoms with Crippen LogP contribution in [0.2, 0.25) is 0 Å². The van der Waals surface area contributed by atoms with E-state index in [1.54, 1.807) is 48.7 Å². The summed E-state index contributed by atoms with van der Waals surface area (Å²) in [6.07, 6.45) is 3.16. The standard InChI is InChI=1S/C13H9ClN2O2.C6H3N3O7/c14-11(12-6-3-4-8-15-12)9-10-5-1-2-7-13(10)16(17)18;10-6-4(8(13)14)1-3(7(11)12)2-5(6)9(15)16/h1-9H;1-2,10H/b11-9+;. The highest BCUT2D eigenvalue weighted by Crippen LogP contribution is 2.39. The summed E-state index contributed by atoms with van der Waals surface area (Å²) in [6, 6.07) is 12.6. The van der Waals surface area contributed by atoms with Gasteiger partial charge in [0.05, 0.1) is 48.1 Å². The summed E-state index contributed by atoms with van der Waals surface area (Å²) >= 11 is 6.09. The van der Waals surface area contributed by atoms with Crippen molar-refractivity contribution >= 4 is 45.5 Å². The predicted octanol–water partition coefficient (Wildman–Crippen LogP) is 4.84. The lowest BCUT2D eigenvalue weighted by Crippen LogP contribution is -1.97. The Morgan fingerprint density at radius 3 is 1.79 bits per heavy atom. The quantitative estimate of drug-likeness (QED) is 0.367. The molecule has 34 heavy (non-hydrogen) atoms. The van der Waals surface area contributed by atoms with Crippen molar-refractivity contribution in [1.29, 1.82) is 0 Å². The van der Waals surface area contributed by atoms with E-state index in [2.05, 4.69) is 4.98 Å². The van der Waals surface area contributed by atoms with Crippen molar-refractivity contribution in [1.82, 2.24) is 4.98 Å². The Morgan fingerprint density at radius 1 is 0.794 bits per heavy atom. The molecule has 1 heterocycles. The first-order valence-electron chi connectivity index (χ1n) is 8.85. The second-order valence-corrected chi connectivity index (χ2v) is 6.53. The zero-order valence-electron chi connectivity index (χ0n) is 16.7. The first kappa shape index (κ1) is 25.3. The van der Waals surface area contributed by atoms with E-state index in [0.717, 1.165) is 0 Å². The van der Waals surface area contributed by atoms with Gasteiger partial charge in [-0.2, -0.15) is 0 Å². The average Bonchev–Trinajstić information content (AvgIpc) is 2.79. The normalized spacial score (nSPS) is 10.6. The predicted molar refractivity (Wildman–Crippen MR) is 119 cm³/mol. The third-order valence-electron chi connectivity index (χ3n) is 3.98. The number of nitro groups is 4. The Kier molecular flexibility index (Phi) is 8.22. The van der Waals surface area contributed by atoms with Gasteiger partial charge in [-0.3, -0.25) is 45.4 Å². The average molecular weight is 490 g/mol. The molecule has 15 heteroatoms. The van der Waals surface area contributed by atoms with Gasteiger partial charge in [-0.15, -0.1) is 0 Å². The van der Waals surface area contributed by atoms with Gasteiger partial charge in [0.2, 0.25) is 0 Å². The Labute approximate surface area is 194 Å². The summed E-state index contributed by atoms with van der Waals surface area (Å²) in [5.74, 6) is -1.21. The monoisotopic (exact) mass is 489 g/mol. The van der Waals surface area contributed by atoms with Gasteiger partial charge in [-0.1, -0.05) is 29.8 Å². The molecule has 0 amide bonds. The third-order valence-corrected chi connectivity index (χ3v) is 4.29. The molecule has 0 aliphatic rings. The summed E-state index contributed by atoms with van der Waals surface area (Å²) in [5, 5.41) is 51.4. The van der Waals surface area contributed by atoms with Gasteiger partial charge < -0.3 is 5.11 Å². The summed E-state index contributed by atoms with van der Waals surface area (Å²) in [7, 11) is 0. The molecular formula is C19H12ClN5O9. The lowest BCUT2D eigenvalue weighted by atomic mass is 10.1. The highest BCUT2D eigenvalue weighted by atomic mass is 35.5. The van der Waals surface area contributed by atoms with Crippen LogP contribution in [0.4, 0.5) is 22.7 Å². The van der Waals surface area contributed by atoms with Crippen LogP contribution in [0.1, 0.15) is 11.3 Å². The topological polar surface area (TPSA) is 206 Å². The number of para-hydroxylation sites is 1. The van der Waals surface area contributed by atoms with Crippen LogP contribution in [-0.4, -0.2) is 29.8 Å². The number of benzene rings is 2. The first-order chi connectivity index (χ1) is 16.0. The molecule has 0 saturated heterocycles. The molecule has 2 aromatic carbocycles. The molecule has 3 aromatic rings. The Balaban J connectivity index is 0.000000242. The summed E-state index contributed by atoms with van der Waals surface area (Å²) < 4.78 is 0. The molecule has 0 fully saturated rings. The molecule has 0 aliphatic carbocycles. The second-order valence-electron chi connectivity index (χ2n) is 6.13. The minimum atomic E-state index is -1.21. The fourth-order valence-corrected chi connectivity index (χ4v) is 2.69. The van der Waals surface area contributed by atoms with Crippen LogP contribution in [0, 0.1) is 40.5 Å². The van der Waals surface area contributed by atoms with Gasteiger partial charge in [0.15, 0.2) is 0 Å². The fourth-order valence-electron chi connectivity index (χ4n) is 2.46. The van der Waals surface area contributed by atoms with Gasteiger partial charge >= 0.3 is 11.4 Å². The maximum absolute atomic E-state index is 10.9. The molecule has 3 rings (SSSR count). The van der Waals surface area contributed by atoms with E-state index in [0.29, 0.717) is 28.4 Å². The van der Waals surface area contributed by atoms with Crippen molar-refractivity contribution in [3.05, 3.63) is 113 Å². The molecule has 0 bridgehead atoms. The van der Waals surface area contributed by atoms with Crippen molar-refractivity contribution in [3.8, 4) is 5.75 Å². The van der Waals surface area contributed by atoms with Crippen LogP contribution in [0.5, 0.6) is 5.75 Å². The van der Waals surface area contributed by atoms with Crippen LogP contribution < -0.4 is 0 Å². The van der Waals surface area contributed by atoms with E-state index >= 15 is 0 Å². The largest absolute Gasteiger partial charge is 0.497 e. The van der Waals surface area contributed by atoms with Crippen LogP contribution in [0.15, 0.2) is 60.8 Å². The highest BCUT2D eigenvalue weighted by molar-refractivity contribution is 6.51. The zero-order chi connectivity index (χ0) is 25.4. The number of halogens is 1. The smallest absolute Gasteiger partial charge is 0.324 e. The van der Waals surface area contributed by atoms with E-state index in [-0.39, 0.29) is 5.69 Å². The third kappa shape index (κ3) is 6.27. The maximum atomic E-state index is 10.9. The van der Waals surface area contributed by atoms with Crippen molar-refractivity contribution in [3.63, 3.8) is 0 Å². The number of aromatic hydroxyl groups is 1. The van der Waals surface area contributed by atoms with Crippen molar-refractivity contribution in [2.45, 2.75) is 0 Å². The number of phenols is 1. The lowest BCUT2D eigenvalue weighted by molar-refractivity contribution is -0.404. The molecule has 1 aromatic heterocycles. The number of aromatic nitrogens is 1. The van der Waals surface area contributed by atoms with Crippen molar-refractivity contribution in [2.75, 3.05) is 0 Å². The Morgan fingerprint density at radius 2 is 1.32 bits per heavy atom. The number of phenolic OH excluding ortho intramolecular Hbond substituents is 1. The van der Waals surface area contributed by atoms with Gasteiger partial charge in [0.1, 0.15) is 0 Å². The minimum absolute atomic E-state index is 0.0200. The summed E-state index contributed by atoms with van der Waals surface area (Å²) in [5.41, 5.74) is -1.94. The van der Waals surface area contributed by atoms with Crippen LogP contribution >= 0.6 is 11.6 Å². The van der Waals surface area contributed by atoms with Crippen molar-refractivity contribution in [2.24, 2.45) is 0 Å². The van der Waals surface area contributed by atoms with Gasteiger partial charge in [-0.05, 0) is 24.3 Å². The molecule has 1 N–H and O–H groups in total. The lowest BCUT2D eigenvalue weighted by Gasteiger charge is -1.99. The molecule has 0 atom stereocenters. The minimum Gasteiger partial charge on any atom is -0.497 e. The number of pyridine rings is 1. The molecule has 0 spiro atoms. The molecular weight excluding hydrogens is 478 g/mol. The number of hydrogen-bond donors (Lipinski definition) is 1. The Hall–Kier alpha value is -4.98. The first-order valence-corrected chi connectivity index (χ1v) is 9.23. The number of nitrogens with zero attached hydrogens (tertiary/aromatic N) is 5. The molecule has 0 radical (unpaired) electrons. The number of hydrogen-bond acceptors (Lipinski definition) is 10. The Bertz CT molecular complexity index is 1260. The van der Waals surface area contributed by atoms with Crippen LogP contribution in [-0.2, 0) is 0 Å². The SMILES string of the molecule is O=[N+]([O-])c1cc([N+](=O)[O-])c(O)c([N+](=O)[O-])c1.O=[N+]([O-])c1ccccc1/C=C(/Cl)c1ccccn1. The van der Waals surface area contributed by atoms with Gasteiger partial charge in [0.25, 0.3) is 17.1 Å². The van der Waals surface area contributed by atoms with E-state index in [1.165, 1.54) is 6.07 Å². The van der Waals surface area contributed by atoms with Crippen LogP contribution in [0.3, 0.4) is 0 Å². The molecule has 0 saturated carbocycles. The van der Waals surface area contributed by atoms with Gasteiger partial charge in [-0.25, -0.2) is 0 Å². The molecule has 0 aliphatic heterocycles.